The SMILES string of the molecule is Cl.NC[C@@H]1CCN(C(=O)Nc2ccn(-c3ccc(CN4CC5C(N)C5C4)cc3)c(=O)n2)C1. The number of anilines is 1. The quantitative estimate of drug-likeness (QED) is 0.609. The zero-order chi connectivity index (χ0) is 21.5. The zero-order valence-corrected chi connectivity index (χ0v) is 18.7. The summed E-state index contributed by atoms with van der Waals surface area (Å²) < 4.78 is 1.48. The maximum atomic E-state index is 12.5. The minimum absolute atomic E-state index is 0. The van der Waals surface area contributed by atoms with Gasteiger partial charge in [0.15, 0.2) is 0 Å². The van der Waals surface area contributed by atoms with E-state index in [1.54, 1.807) is 17.2 Å². The fourth-order valence-corrected chi connectivity index (χ4v) is 4.88. The van der Waals surface area contributed by atoms with Crippen molar-refractivity contribution in [1.29, 1.82) is 0 Å². The van der Waals surface area contributed by atoms with Crippen molar-refractivity contribution in [3.05, 3.63) is 52.6 Å². The molecule has 1 aromatic carbocycles. The van der Waals surface area contributed by atoms with Gasteiger partial charge in [0.05, 0.1) is 5.69 Å². The summed E-state index contributed by atoms with van der Waals surface area (Å²) in [7, 11) is 0. The first-order chi connectivity index (χ1) is 15.0. The molecule has 5 N–H and O–H groups in total. The standard InChI is InChI=1S/C22H29N7O2.ClH/c23-9-15-5-7-28(11-15)21(30)25-19-6-8-29(22(31)26-19)16-3-1-14(2-4-16)10-27-12-17-18(13-27)20(17)24;/h1-4,6,8,15,17-18,20H,5,7,9-13,23-24H2,(H,25,26,30,31);1H/t15-,17?,18?,20?;/m0./s1. The third kappa shape index (κ3) is 4.52. The Morgan fingerprint density at radius 1 is 1.12 bits per heavy atom. The minimum atomic E-state index is -0.430. The monoisotopic (exact) mass is 459 g/mol. The molecule has 5 rings (SSSR count). The number of likely N-dealkylation sites (tertiary alicyclic amines) is 2. The Kier molecular flexibility index (Phi) is 6.52. The summed E-state index contributed by atoms with van der Waals surface area (Å²) in [4.78, 5) is 33.1. The van der Waals surface area contributed by atoms with Crippen LogP contribution in [0.1, 0.15) is 12.0 Å². The zero-order valence-electron chi connectivity index (χ0n) is 17.9. The lowest BCUT2D eigenvalue weighted by Gasteiger charge is -2.19. The number of nitrogens with one attached hydrogen (secondary N) is 1. The molecule has 2 saturated heterocycles. The smallest absolute Gasteiger partial charge is 0.330 e. The van der Waals surface area contributed by atoms with Crippen LogP contribution in [0.3, 0.4) is 0 Å². The van der Waals surface area contributed by atoms with E-state index in [1.165, 1.54) is 10.1 Å². The number of fused-ring (bicyclic) bond motifs is 1. The normalized spacial score (nSPS) is 26.5. The van der Waals surface area contributed by atoms with Crippen LogP contribution in [0.15, 0.2) is 41.3 Å². The van der Waals surface area contributed by atoms with Gasteiger partial charge in [-0.1, -0.05) is 12.1 Å². The molecule has 0 bridgehead atoms. The Hall–Kier alpha value is -2.46. The molecule has 1 aliphatic carbocycles. The van der Waals surface area contributed by atoms with Crippen LogP contribution < -0.4 is 22.5 Å². The molecule has 32 heavy (non-hydrogen) atoms. The van der Waals surface area contributed by atoms with Gasteiger partial charge in [0.25, 0.3) is 0 Å². The maximum Gasteiger partial charge on any atom is 0.354 e. The highest BCUT2D eigenvalue weighted by Crippen LogP contribution is 2.44. The number of benzene rings is 1. The van der Waals surface area contributed by atoms with Crippen molar-refractivity contribution in [2.45, 2.75) is 19.0 Å². The second-order valence-corrected chi connectivity index (χ2v) is 9.00. The van der Waals surface area contributed by atoms with Crippen molar-refractivity contribution in [2.24, 2.45) is 29.2 Å². The third-order valence-corrected chi connectivity index (χ3v) is 6.90. The Bertz CT molecular complexity index is 1020. The van der Waals surface area contributed by atoms with Crippen molar-refractivity contribution >= 4 is 24.3 Å². The summed E-state index contributed by atoms with van der Waals surface area (Å²) in [5.41, 5.74) is 13.2. The second kappa shape index (κ2) is 9.19. The van der Waals surface area contributed by atoms with Crippen LogP contribution in [-0.4, -0.2) is 64.1 Å². The van der Waals surface area contributed by atoms with Gasteiger partial charge in [-0.15, -0.1) is 12.4 Å². The lowest BCUT2D eigenvalue weighted by molar-refractivity contribution is 0.221. The molecule has 3 aliphatic rings. The number of urea groups is 1. The van der Waals surface area contributed by atoms with E-state index in [0.717, 1.165) is 31.7 Å². The Balaban J connectivity index is 0.00000245. The van der Waals surface area contributed by atoms with Crippen LogP contribution in [0.5, 0.6) is 0 Å². The molecule has 0 spiro atoms. The van der Waals surface area contributed by atoms with Gasteiger partial charge in [0.2, 0.25) is 0 Å². The fraction of sp³-hybridized carbons (Fsp3) is 0.500. The second-order valence-electron chi connectivity index (χ2n) is 9.00. The fourth-order valence-electron chi connectivity index (χ4n) is 4.88. The number of carbonyl (C=O) groups is 1. The number of aromatic nitrogens is 2. The van der Waals surface area contributed by atoms with Crippen LogP contribution >= 0.6 is 12.4 Å². The lowest BCUT2D eigenvalue weighted by atomic mass is 10.1. The Labute approximate surface area is 193 Å². The first-order valence-electron chi connectivity index (χ1n) is 10.9. The van der Waals surface area contributed by atoms with E-state index < -0.39 is 5.69 Å². The molecular weight excluding hydrogens is 430 g/mol. The van der Waals surface area contributed by atoms with E-state index in [9.17, 15) is 9.59 Å². The summed E-state index contributed by atoms with van der Waals surface area (Å²) in [6.45, 7) is 4.94. The van der Waals surface area contributed by atoms with E-state index in [0.29, 0.717) is 43.4 Å². The van der Waals surface area contributed by atoms with E-state index in [4.69, 9.17) is 11.5 Å². The van der Waals surface area contributed by atoms with Crippen molar-refractivity contribution in [3.8, 4) is 5.69 Å². The van der Waals surface area contributed by atoms with Gasteiger partial charge in [0.1, 0.15) is 5.82 Å². The highest BCUT2D eigenvalue weighted by Gasteiger charge is 2.53. The van der Waals surface area contributed by atoms with E-state index in [1.807, 2.05) is 24.3 Å². The molecule has 1 aromatic heterocycles. The summed E-state index contributed by atoms with van der Waals surface area (Å²) in [5, 5.41) is 2.71. The summed E-state index contributed by atoms with van der Waals surface area (Å²) in [6.07, 6.45) is 2.55. The maximum absolute atomic E-state index is 12.5. The Morgan fingerprint density at radius 2 is 1.84 bits per heavy atom. The summed E-state index contributed by atoms with van der Waals surface area (Å²) in [5.74, 6) is 1.94. The predicted octanol–water partition coefficient (Wildman–Crippen LogP) is 0.856. The number of hydrogen-bond acceptors (Lipinski definition) is 6. The number of nitrogens with zero attached hydrogens (tertiary/aromatic N) is 4. The average molecular weight is 460 g/mol. The van der Waals surface area contributed by atoms with Crippen molar-refractivity contribution in [2.75, 3.05) is 38.0 Å². The molecule has 2 aromatic rings. The minimum Gasteiger partial charge on any atom is -0.330 e. The van der Waals surface area contributed by atoms with Crippen molar-refractivity contribution in [1.82, 2.24) is 19.4 Å². The highest BCUT2D eigenvalue weighted by molar-refractivity contribution is 5.88. The number of piperidine rings is 1. The van der Waals surface area contributed by atoms with E-state index in [-0.39, 0.29) is 24.3 Å². The predicted molar refractivity (Wildman–Crippen MR) is 125 cm³/mol. The molecule has 172 valence electrons. The molecule has 3 heterocycles. The lowest BCUT2D eigenvalue weighted by Crippen LogP contribution is -2.34. The van der Waals surface area contributed by atoms with Gasteiger partial charge in [0, 0.05) is 45.0 Å². The molecule has 1 saturated carbocycles. The molecule has 3 atom stereocenters. The number of halogens is 1. The van der Waals surface area contributed by atoms with Gasteiger partial charge in [-0.25, -0.2) is 9.59 Å². The van der Waals surface area contributed by atoms with Crippen LogP contribution in [-0.2, 0) is 6.54 Å². The van der Waals surface area contributed by atoms with E-state index >= 15 is 0 Å². The van der Waals surface area contributed by atoms with Gasteiger partial charge in [-0.2, -0.15) is 4.98 Å². The largest absolute Gasteiger partial charge is 0.354 e. The molecular formula is C22H30ClN7O2. The van der Waals surface area contributed by atoms with Gasteiger partial charge < -0.3 is 16.4 Å². The molecule has 2 aliphatic heterocycles. The molecule has 10 heteroatoms. The van der Waals surface area contributed by atoms with Gasteiger partial charge >= 0.3 is 11.7 Å². The third-order valence-electron chi connectivity index (χ3n) is 6.90. The van der Waals surface area contributed by atoms with Crippen LogP contribution in [0.4, 0.5) is 10.6 Å². The van der Waals surface area contributed by atoms with Crippen LogP contribution in [0.2, 0.25) is 0 Å². The Morgan fingerprint density at radius 3 is 2.47 bits per heavy atom. The number of rotatable bonds is 5. The number of hydrogen-bond donors (Lipinski definition) is 3. The first kappa shape index (κ1) is 22.7. The summed E-state index contributed by atoms with van der Waals surface area (Å²) >= 11 is 0. The molecule has 9 nitrogen and oxygen atoms in total. The van der Waals surface area contributed by atoms with Crippen molar-refractivity contribution < 1.29 is 4.79 Å². The average Bonchev–Trinajstić information content (AvgIpc) is 3.16. The molecule has 3 fully saturated rings. The van der Waals surface area contributed by atoms with Crippen LogP contribution in [0, 0.1) is 17.8 Å². The molecule has 2 unspecified atom stereocenters. The number of nitrogens with two attached hydrogens (primary N) is 2. The number of amides is 2. The topological polar surface area (TPSA) is 123 Å². The highest BCUT2D eigenvalue weighted by atomic mass is 35.5. The van der Waals surface area contributed by atoms with Gasteiger partial charge in [-0.3, -0.25) is 14.8 Å². The molecule has 2 amide bonds. The first-order valence-corrected chi connectivity index (χ1v) is 10.9. The van der Waals surface area contributed by atoms with Crippen molar-refractivity contribution in [3.63, 3.8) is 0 Å². The number of carbonyl (C=O) groups excluding carboxylic acids is 1. The summed E-state index contributed by atoms with van der Waals surface area (Å²) in [6, 6.07) is 9.75. The van der Waals surface area contributed by atoms with E-state index in [2.05, 4.69) is 15.2 Å². The van der Waals surface area contributed by atoms with Gasteiger partial charge in [-0.05, 0) is 54.5 Å². The molecule has 0 radical (unpaired) electrons. The van der Waals surface area contributed by atoms with Crippen LogP contribution in [0.25, 0.3) is 5.69 Å².